The molecule has 3 aromatic rings. The minimum Gasteiger partial charge on any atom is -0.348 e. The van der Waals surface area contributed by atoms with E-state index in [1.54, 1.807) is 6.33 Å². The third-order valence-electron chi connectivity index (χ3n) is 5.43. The number of aromatic nitrogens is 4. The van der Waals surface area contributed by atoms with Gasteiger partial charge in [0.2, 0.25) is 5.91 Å². The third kappa shape index (κ3) is 2.84. The SMILES string of the molecule is O=C(CCC1CC1)N1CCc2[nH]cnc2[C@H]1c1nc2ccc(Br)cc2[nH]1. The lowest BCUT2D eigenvalue weighted by Gasteiger charge is -2.34. The summed E-state index contributed by atoms with van der Waals surface area (Å²) in [6, 6.07) is 5.72. The number of aromatic amines is 2. The van der Waals surface area contributed by atoms with E-state index in [0.29, 0.717) is 13.0 Å². The van der Waals surface area contributed by atoms with Gasteiger partial charge >= 0.3 is 0 Å². The summed E-state index contributed by atoms with van der Waals surface area (Å²) in [5.41, 5.74) is 3.87. The maximum Gasteiger partial charge on any atom is 0.223 e. The van der Waals surface area contributed by atoms with Crippen LogP contribution in [-0.2, 0) is 11.2 Å². The molecule has 1 atom stereocenters. The monoisotopic (exact) mass is 413 g/mol. The number of hydrogen-bond acceptors (Lipinski definition) is 3. The van der Waals surface area contributed by atoms with Crippen LogP contribution in [-0.4, -0.2) is 37.3 Å². The molecule has 2 N–H and O–H groups in total. The van der Waals surface area contributed by atoms with Crippen molar-refractivity contribution in [2.24, 2.45) is 5.92 Å². The predicted molar refractivity (Wildman–Crippen MR) is 102 cm³/mol. The molecule has 1 aliphatic carbocycles. The number of rotatable bonds is 4. The van der Waals surface area contributed by atoms with Gasteiger partial charge in [-0.05, 0) is 30.5 Å². The summed E-state index contributed by atoms with van der Waals surface area (Å²) in [4.78, 5) is 30.8. The standard InChI is InChI=1S/C19H20BrN5O/c20-12-4-5-13-15(9-12)24-19(23-13)18-17-14(21-10-22-17)7-8-25(18)16(26)6-3-11-1-2-11/h4-5,9-11,18H,1-3,6-8H2,(H,21,22)(H,23,24)/t18-/m0/s1. The Hall–Kier alpha value is -2.15. The summed E-state index contributed by atoms with van der Waals surface area (Å²) in [5, 5.41) is 0. The molecule has 1 fully saturated rings. The number of H-pyrrole nitrogens is 2. The minimum atomic E-state index is -0.247. The first kappa shape index (κ1) is 16.1. The molecule has 7 heteroatoms. The average molecular weight is 414 g/mol. The molecule has 1 aromatic carbocycles. The van der Waals surface area contributed by atoms with Crippen LogP contribution in [0.15, 0.2) is 29.0 Å². The van der Waals surface area contributed by atoms with Gasteiger partial charge in [-0.25, -0.2) is 9.97 Å². The van der Waals surface area contributed by atoms with Crippen LogP contribution < -0.4 is 0 Å². The number of benzene rings is 1. The molecule has 1 amide bonds. The second-order valence-electron chi connectivity index (χ2n) is 7.27. The van der Waals surface area contributed by atoms with Crippen molar-refractivity contribution in [1.29, 1.82) is 0 Å². The molecule has 0 spiro atoms. The van der Waals surface area contributed by atoms with Crippen molar-refractivity contribution in [2.75, 3.05) is 6.54 Å². The van der Waals surface area contributed by atoms with E-state index in [4.69, 9.17) is 4.98 Å². The van der Waals surface area contributed by atoms with E-state index < -0.39 is 0 Å². The summed E-state index contributed by atoms with van der Waals surface area (Å²) in [6.07, 6.45) is 6.70. The molecule has 2 aliphatic rings. The van der Waals surface area contributed by atoms with Gasteiger partial charge in [0.05, 0.1) is 23.1 Å². The first-order valence-corrected chi connectivity index (χ1v) is 9.95. The number of hydrogen-bond donors (Lipinski definition) is 2. The maximum absolute atomic E-state index is 13.0. The zero-order chi connectivity index (χ0) is 17.7. The number of imidazole rings is 2. The summed E-state index contributed by atoms with van der Waals surface area (Å²) in [7, 11) is 0. The molecule has 2 aromatic heterocycles. The quantitative estimate of drug-likeness (QED) is 0.683. The molecule has 134 valence electrons. The van der Waals surface area contributed by atoms with Crippen LogP contribution in [0.4, 0.5) is 0 Å². The Bertz CT molecular complexity index is 973. The van der Waals surface area contributed by atoms with Crippen LogP contribution >= 0.6 is 15.9 Å². The first-order valence-electron chi connectivity index (χ1n) is 9.16. The predicted octanol–water partition coefficient (Wildman–Crippen LogP) is 3.71. The lowest BCUT2D eigenvalue weighted by molar-refractivity contribution is -0.133. The van der Waals surface area contributed by atoms with E-state index in [9.17, 15) is 4.79 Å². The molecule has 26 heavy (non-hydrogen) atoms. The van der Waals surface area contributed by atoms with Crippen molar-refractivity contribution in [2.45, 2.75) is 38.1 Å². The van der Waals surface area contributed by atoms with Crippen molar-refractivity contribution in [3.63, 3.8) is 0 Å². The highest BCUT2D eigenvalue weighted by atomic mass is 79.9. The summed E-state index contributed by atoms with van der Waals surface area (Å²) >= 11 is 3.50. The van der Waals surface area contributed by atoms with E-state index in [2.05, 4.69) is 30.9 Å². The van der Waals surface area contributed by atoms with E-state index in [0.717, 1.165) is 51.5 Å². The van der Waals surface area contributed by atoms with Gasteiger partial charge in [0, 0.05) is 29.6 Å². The molecule has 0 bridgehead atoms. The summed E-state index contributed by atoms with van der Waals surface area (Å²) < 4.78 is 1.00. The van der Waals surface area contributed by atoms with Gasteiger partial charge in [-0.1, -0.05) is 28.8 Å². The zero-order valence-electron chi connectivity index (χ0n) is 14.3. The fraction of sp³-hybridized carbons (Fsp3) is 0.421. The Morgan fingerprint density at radius 2 is 2.23 bits per heavy atom. The lowest BCUT2D eigenvalue weighted by atomic mass is 10.0. The van der Waals surface area contributed by atoms with Crippen LogP contribution in [0.3, 0.4) is 0 Å². The molecule has 3 heterocycles. The van der Waals surface area contributed by atoms with Crippen molar-refractivity contribution in [1.82, 2.24) is 24.8 Å². The lowest BCUT2D eigenvalue weighted by Crippen LogP contribution is -2.41. The third-order valence-corrected chi connectivity index (χ3v) is 5.92. The normalized spacial score (nSPS) is 19.7. The number of nitrogens with one attached hydrogen (secondary N) is 2. The van der Waals surface area contributed by atoms with Gasteiger partial charge in [-0.2, -0.15) is 0 Å². The number of carbonyl (C=O) groups is 1. The van der Waals surface area contributed by atoms with E-state index >= 15 is 0 Å². The molecule has 1 saturated carbocycles. The van der Waals surface area contributed by atoms with Gasteiger partial charge in [-0.3, -0.25) is 4.79 Å². The fourth-order valence-electron chi connectivity index (χ4n) is 3.83. The first-order chi connectivity index (χ1) is 12.7. The van der Waals surface area contributed by atoms with E-state index in [1.165, 1.54) is 12.8 Å². The highest BCUT2D eigenvalue weighted by Gasteiger charge is 2.36. The topological polar surface area (TPSA) is 77.7 Å². The Kier molecular flexibility index (Phi) is 3.85. The molecule has 0 radical (unpaired) electrons. The molecule has 5 rings (SSSR count). The fourth-order valence-corrected chi connectivity index (χ4v) is 4.19. The van der Waals surface area contributed by atoms with Gasteiger partial charge in [0.25, 0.3) is 0 Å². The number of fused-ring (bicyclic) bond motifs is 2. The second-order valence-corrected chi connectivity index (χ2v) is 8.19. The average Bonchev–Trinajstić information content (AvgIpc) is 3.18. The van der Waals surface area contributed by atoms with Gasteiger partial charge in [0.1, 0.15) is 11.9 Å². The Morgan fingerprint density at radius 1 is 1.35 bits per heavy atom. The number of amides is 1. The molecule has 0 unspecified atom stereocenters. The van der Waals surface area contributed by atoms with Crippen molar-refractivity contribution in [3.05, 3.63) is 46.2 Å². The van der Waals surface area contributed by atoms with Crippen LogP contribution in [0.1, 0.15) is 48.9 Å². The second kappa shape index (κ2) is 6.23. The smallest absolute Gasteiger partial charge is 0.223 e. The Balaban J connectivity index is 1.52. The molecular formula is C19H20BrN5O. The molecule has 1 aliphatic heterocycles. The van der Waals surface area contributed by atoms with Gasteiger partial charge in [-0.15, -0.1) is 0 Å². The van der Waals surface area contributed by atoms with Crippen molar-refractivity contribution >= 4 is 32.9 Å². The number of carbonyl (C=O) groups excluding carboxylic acids is 1. The molecule has 0 saturated heterocycles. The summed E-state index contributed by atoms with van der Waals surface area (Å²) in [5.74, 6) is 1.75. The molecule has 6 nitrogen and oxygen atoms in total. The Morgan fingerprint density at radius 3 is 3.08 bits per heavy atom. The van der Waals surface area contributed by atoms with Crippen LogP contribution in [0.2, 0.25) is 0 Å². The highest BCUT2D eigenvalue weighted by Crippen LogP contribution is 2.36. The van der Waals surface area contributed by atoms with Gasteiger partial charge < -0.3 is 14.9 Å². The largest absolute Gasteiger partial charge is 0.348 e. The minimum absolute atomic E-state index is 0.206. The van der Waals surface area contributed by atoms with Crippen molar-refractivity contribution in [3.8, 4) is 0 Å². The Labute approximate surface area is 159 Å². The van der Waals surface area contributed by atoms with E-state index in [1.807, 2.05) is 23.1 Å². The highest BCUT2D eigenvalue weighted by molar-refractivity contribution is 9.10. The van der Waals surface area contributed by atoms with E-state index in [-0.39, 0.29) is 11.9 Å². The summed E-state index contributed by atoms with van der Waals surface area (Å²) in [6.45, 7) is 0.699. The zero-order valence-corrected chi connectivity index (χ0v) is 15.9. The van der Waals surface area contributed by atoms with Gasteiger partial charge in [0.15, 0.2) is 0 Å². The number of nitrogens with zero attached hydrogens (tertiary/aromatic N) is 3. The molecular weight excluding hydrogens is 394 g/mol. The van der Waals surface area contributed by atoms with Crippen LogP contribution in [0.25, 0.3) is 11.0 Å². The van der Waals surface area contributed by atoms with Crippen molar-refractivity contribution < 1.29 is 4.79 Å². The van der Waals surface area contributed by atoms with Crippen LogP contribution in [0, 0.1) is 5.92 Å². The van der Waals surface area contributed by atoms with Crippen LogP contribution in [0.5, 0.6) is 0 Å². The number of halogens is 1. The maximum atomic E-state index is 13.0.